The zero-order valence-corrected chi connectivity index (χ0v) is 8.57. The van der Waals surface area contributed by atoms with Gasteiger partial charge in [0.05, 0.1) is 0 Å². The van der Waals surface area contributed by atoms with E-state index in [-0.39, 0.29) is 0 Å². The number of hydrogen-bond acceptors (Lipinski definition) is 5. The number of sulfone groups is 1. The maximum absolute atomic E-state index is 10.5. The summed E-state index contributed by atoms with van der Waals surface area (Å²) in [7, 11) is -8.21. The van der Waals surface area contributed by atoms with Crippen LogP contribution in [-0.2, 0) is 20.2 Å². The molecular weight excluding hydrogens is 236 g/mol. The first-order valence-electron chi connectivity index (χ1n) is 2.91. The van der Waals surface area contributed by atoms with Crippen molar-refractivity contribution in [2.24, 2.45) is 0 Å². The van der Waals surface area contributed by atoms with Crippen LogP contribution in [0, 0.1) is 0 Å². The molecule has 84 valence electrons. The summed E-state index contributed by atoms with van der Waals surface area (Å²) >= 11 is 0. The van der Waals surface area contributed by atoms with Crippen molar-refractivity contribution in [2.75, 3.05) is 0 Å². The lowest BCUT2D eigenvalue weighted by molar-refractivity contribution is 0.296. The summed E-state index contributed by atoms with van der Waals surface area (Å²) in [5, 5.41) is 9.30. The van der Waals surface area contributed by atoms with E-state index in [2.05, 4.69) is 13.2 Å². The Morgan fingerprint density at radius 1 is 1.07 bits per heavy atom. The molecule has 7 nitrogen and oxygen atoms in total. The largest absolute Gasteiger partial charge is 0.394 e. The minimum atomic E-state index is -4.67. The molecule has 0 aliphatic rings. The lowest BCUT2D eigenvalue weighted by atomic mass is 10.7. The fourth-order valence-corrected chi connectivity index (χ4v) is 0.698. The van der Waals surface area contributed by atoms with E-state index >= 15 is 0 Å². The monoisotopic (exact) mass is 246 g/mol. The predicted molar refractivity (Wildman–Crippen MR) is 49.5 cm³/mol. The van der Waals surface area contributed by atoms with E-state index < -0.39 is 25.7 Å². The number of hydrogen-bond donors (Lipinski definition) is 3. The Labute approximate surface area is 81.9 Å². The highest BCUT2D eigenvalue weighted by Crippen LogP contribution is 1.99. The van der Waals surface area contributed by atoms with Gasteiger partial charge >= 0.3 is 10.4 Å². The first-order valence-corrected chi connectivity index (χ1v) is 5.92. The topological polar surface area (TPSA) is 129 Å². The van der Waals surface area contributed by atoms with E-state index in [1.54, 1.807) is 0 Å². The van der Waals surface area contributed by atoms with Gasteiger partial charge in [-0.25, -0.2) is 8.42 Å². The maximum Gasteiger partial charge on any atom is 0.394 e. The SMILES string of the molecule is C=CC(O)S(=O)(=O)C=C.O=S(=O)(O)O. The van der Waals surface area contributed by atoms with Crippen LogP contribution < -0.4 is 0 Å². The fraction of sp³-hybridized carbons (Fsp3) is 0.200. The van der Waals surface area contributed by atoms with Gasteiger partial charge in [-0.2, -0.15) is 8.42 Å². The van der Waals surface area contributed by atoms with E-state index in [0.717, 1.165) is 6.08 Å². The van der Waals surface area contributed by atoms with Gasteiger partial charge in [0.25, 0.3) is 0 Å². The molecule has 0 aromatic rings. The van der Waals surface area contributed by atoms with Crippen LogP contribution in [0.2, 0.25) is 0 Å². The summed E-state index contributed by atoms with van der Waals surface area (Å²) < 4.78 is 52.6. The summed E-state index contributed by atoms with van der Waals surface area (Å²) in [6.07, 6.45) is 0.928. The average Bonchev–Trinajstić information content (AvgIpc) is 2.00. The molecule has 0 spiro atoms. The predicted octanol–water partition coefficient (Wildman–Crippen LogP) is -0.604. The molecule has 9 heteroatoms. The van der Waals surface area contributed by atoms with Gasteiger partial charge in [-0.15, -0.1) is 0 Å². The van der Waals surface area contributed by atoms with Crippen LogP contribution in [0.15, 0.2) is 24.6 Å². The summed E-state index contributed by atoms with van der Waals surface area (Å²) in [6.45, 7) is 6.10. The Morgan fingerprint density at radius 3 is 1.43 bits per heavy atom. The van der Waals surface area contributed by atoms with Crippen LogP contribution in [0.4, 0.5) is 0 Å². The average molecular weight is 246 g/mol. The quantitative estimate of drug-likeness (QED) is 0.447. The smallest absolute Gasteiger partial charge is 0.373 e. The normalized spacial score (nSPS) is 13.4. The molecule has 0 heterocycles. The molecule has 0 aliphatic carbocycles. The van der Waals surface area contributed by atoms with Gasteiger partial charge in [0.1, 0.15) is 0 Å². The van der Waals surface area contributed by atoms with Crippen LogP contribution in [0.5, 0.6) is 0 Å². The van der Waals surface area contributed by atoms with Crippen molar-refractivity contribution in [3.63, 3.8) is 0 Å². The van der Waals surface area contributed by atoms with Crippen molar-refractivity contribution in [1.82, 2.24) is 0 Å². The van der Waals surface area contributed by atoms with Crippen LogP contribution >= 0.6 is 0 Å². The van der Waals surface area contributed by atoms with Gasteiger partial charge in [-0.1, -0.05) is 13.2 Å². The van der Waals surface area contributed by atoms with Crippen molar-refractivity contribution in [2.45, 2.75) is 5.44 Å². The Morgan fingerprint density at radius 2 is 1.36 bits per heavy atom. The van der Waals surface area contributed by atoms with Gasteiger partial charge in [0.15, 0.2) is 5.44 Å². The molecule has 1 unspecified atom stereocenters. The van der Waals surface area contributed by atoms with E-state index in [9.17, 15) is 8.42 Å². The molecule has 0 aromatic carbocycles. The van der Waals surface area contributed by atoms with Crippen molar-refractivity contribution >= 4 is 20.2 Å². The summed E-state index contributed by atoms with van der Waals surface area (Å²) in [6, 6.07) is 0. The molecule has 0 bridgehead atoms. The van der Waals surface area contributed by atoms with Crippen molar-refractivity contribution in [3.05, 3.63) is 24.6 Å². The molecular formula is C5H10O7S2. The zero-order valence-electron chi connectivity index (χ0n) is 6.94. The summed E-state index contributed by atoms with van der Waals surface area (Å²) in [4.78, 5) is 0. The maximum atomic E-state index is 10.5. The Bertz CT molecular complexity index is 368. The summed E-state index contributed by atoms with van der Waals surface area (Å²) in [5.74, 6) is 0. The van der Waals surface area contributed by atoms with E-state index in [0.29, 0.717) is 5.41 Å². The van der Waals surface area contributed by atoms with Gasteiger partial charge in [0, 0.05) is 5.41 Å². The molecule has 0 fully saturated rings. The third-order valence-electron chi connectivity index (χ3n) is 0.771. The standard InChI is InChI=1S/C5H8O3S.H2O4S/c1-3-5(6)9(7,8)4-2;1-5(2,3)4/h3-6H,1-2H2;(H2,1,2,3,4). The zero-order chi connectivity index (χ0) is 12.0. The molecule has 1 atom stereocenters. The molecule has 3 N–H and O–H groups in total. The summed E-state index contributed by atoms with van der Waals surface area (Å²) in [5.41, 5.74) is -1.52. The van der Waals surface area contributed by atoms with Crippen molar-refractivity contribution in [1.29, 1.82) is 0 Å². The second-order valence-electron chi connectivity index (χ2n) is 1.83. The molecule has 0 amide bonds. The van der Waals surface area contributed by atoms with E-state index in [1.165, 1.54) is 0 Å². The highest BCUT2D eigenvalue weighted by Gasteiger charge is 2.13. The molecule has 14 heavy (non-hydrogen) atoms. The van der Waals surface area contributed by atoms with Gasteiger partial charge in [-0.3, -0.25) is 9.11 Å². The first-order chi connectivity index (χ1) is 6.04. The van der Waals surface area contributed by atoms with Crippen molar-refractivity contribution < 1.29 is 31.0 Å². The second-order valence-corrected chi connectivity index (χ2v) is 4.72. The second kappa shape index (κ2) is 5.88. The van der Waals surface area contributed by atoms with Gasteiger partial charge < -0.3 is 5.11 Å². The van der Waals surface area contributed by atoms with Gasteiger partial charge in [0.2, 0.25) is 9.84 Å². The molecule has 0 saturated heterocycles. The molecule has 0 rings (SSSR count). The molecule has 0 radical (unpaired) electrons. The molecule has 0 saturated carbocycles. The Kier molecular flexibility index (Phi) is 6.60. The fourth-order valence-electron chi connectivity index (χ4n) is 0.233. The number of aliphatic hydroxyl groups excluding tert-OH is 1. The van der Waals surface area contributed by atoms with Crippen LogP contribution in [0.1, 0.15) is 0 Å². The van der Waals surface area contributed by atoms with Crippen LogP contribution in [0.3, 0.4) is 0 Å². The third kappa shape index (κ3) is 11.3. The third-order valence-corrected chi connectivity index (χ3v) is 2.10. The van der Waals surface area contributed by atoms with Gasteiger partial charge in [-0.05, 0) is 6.08 Å². The highest BCUT2D eigenvalue weighted by molar-refractivity contribution is 7.94. The lowest BCUT2D eigenvalue weighted by Crippen LogP contribution is -2.14. The first kappa shape index (κ1) is 15.7. The number of rotatable bonds is 3. The highest BCUT2D eigenvalue weighted by atomic mass is 32.3. The Balaban J connectivity index is 0. The minimum Gasteiger partial charge on any atom is -0.373 e. The van der Waals surface area contributed by atoms with E-state index in [4.69, 9.17) is 22.6 Å². The molecule has 0 aromatic heterocycles. The van der Waals surface area contributed by atoms with E-state index in [1.807, 2.05) is 0 Å². The molecule has 0 aliphatic heterocycles. The lowest BCUT2D eigenvalue weighted by Gasteiger charge is -1.99. The Hall–Kier alpha value is -0.740. The number of aliphatic hydroxyl groups is 1. The van der Waals surface area contributed by atoms with Crippen LogP contribution in [-0.4, -0.2) is 36.5 Å². The van der Waals surface area contributed by atoms with Crippen molar-refractivity contribution in [3.8, 4) is 0 Å². The minimum absolute atomic E-state index is 0.694. The van der Waals surface area contributed by atoms with Crippen LogP contribution in [0.25, 0.3) is 0 Å².